The maximum Gasteiger partial charge on any atom is 0.246 e. The maximum atomic E-state index is 13.6. The van der Waals surface area contributed by atoms with Crippen LogP contribution >= 0.6 is 0 Å². The van der Waals surface area contributed by atoms with Crippen molar-refractivity contribution in [2.75, 3.05) is 31.0 Å². The Bertz CT molecular complexity index is 920. The fourth-order valence-corrected chi connectivity index (χ4v) is 4.86. The lowest BCUT2D eigenvalue weighted by Crippen LogP contribution is -2.47. The highest BCUT2D eigenvalue weighted by atomic mass is 16.5. The maximum absolute atomic E-state index is 13.6. The van der Waals surface area contributed by atoms with Crippen molar-refractivity contribution in [1.29, 1.82) is 0 Å². The van der Waals surface area contributed by atoms with Gasteiger partial charge in [0.1, 0.15) is 11.8 Å². The highest BCUT2D eigenvalue weighted by Crippen LogP contribution is 2.49. The molecule has 2 aromatic rings. The van der Waals surface area contributed by atoms with Crippen LogP contribution in [0.3, 0.4) is 0 Å². The normalized spacial score (nSPS) is 26.1. The number of nitrogens with one attached hydrogen (secondary N) is 2. The summed E-state index contributed by atoms with van der Waals surface area (Å²) in [5.41, 5.74) is 9.75. The number of nitrogens with zero attached hydrogens (tertiary/aromatic N) is 2. The third-order valence-corrected chi connectivity index (χ3v) is 6.35. The van der Waals surface area contributed by atoms with Crippen LogP contribution in [0.25, 0.3) is 0 Å². The molecule has 6 nitrogen and oxygen atoms in total. The molecule has 0 spiro atoms. The van der Waals surface area contributed by atoms with Gasteiger partial charge in [-0.25, -0.2) is 5.43 Å². The zero-order chi connectivity index (χ0) is 21.6. The van der Waals surface area contributed by atoms with E-state index in [2.05, 4.69) is 54.7 Å². The first-order valence-corrected chi connectivity index (χ1v) is 10.5. The second-order valence-corrected chi connectivity index (χ2v) is 9.49. The topological polar surface area (TPSA) is 56.8 Å². The highest BCUT2D eigenvalue weighted by molar-refractivity contribution is 6.01. The minimum absolute atomic E-state index is 0.0161. The van der Waals surface area contributed by atoms with E-state index in [1.807, 2.05) is 49.3 Å². The van der Waals surface area contributed by atoms with E-state index < -0.39 is 0 Å². The lowest BCUT2D eigenvalue weighted by molar-refractivity contribution is -0.119. The summed E-state index contributed by atoms with van der Waals surface area (Å²) in [6, 6.07) is 16.0. The zero-order valence-electron chi connectivity index (χ0n) is 18.6. The zero-order valence-corrected chi connectivity index (χ0v) is 18.6. The van der Waals surface area contributed by atoms with E-state index in [1.165, 1.54) is 0 Å². The van der Waals surface area contributed by atoms with Gasteiger partial charge in [0.15, 0.2) is 0 Å². The number of rotatable bonds is 4. The highest BCUT2D eigenvalue weighted by Gasteiger charge is 2.58. The Kier molecular flexibility index (Phi) is 5.24. The Morgan fingerprint density at radius 3 is 2.27 bits per heavy atom. The summed E-state index contributed by atoms with van der Waals surface area (Å²) in [5.74, 6) is 0.973. The van der Waals surface area contributed by atoms with Gasteiger partial charge in [-0.3, -0.25) is 10.2 Å². The van der Waals surface area contributed by atoms with Crippen LogP contribution in [0.2, 0.25) is 0 Å². The summed E-state index contributed by atoms with van der Waals surface area (Å²) in [6.07, 6.45) is 0. The molecule has 4 rings (SSSR count). The van der Waals surface area contributed by atoms with Gasteiger partial charge in [-0.15, -0.1) is 0 Å². The number of anilines is 2. The van der Waals surface area contributed by atoms with E-state index in [0.717, 1.165) is 22.7 Å². The fourth-order valence-electron chi connectivity index (χ4n) is 4.86. The molecule has 160 valence electrons. The average Bonchev–Trinajstić information content (AvgIpc) is 3.27. The van der Waals surface area contributed by atoms with Crippen molar-refractivity contribution in [2.45, 2.75) is 38.9 Å². The van der Waals surface area contributed by atoms with Crippen LogP contribution in [-0.2, 0) is 4.79 Å². The molecule has 6 heteroatoms. The van der Waals surface area contributed by atoms with Crippen LogP contribution in [0.5, 0.6) is 5.75 Å². The molecule has 0 aromatic heterocycles. The van der Waals surface area contributed by atoms with Crippen molar-refractivity contribution >= 4 is 17.3 Å². The minimum Gasteiger partial charge on any atom is -0.496 e. The molecule has 2 heterocycles. The van der Waals surface area contributed by atoms with E-state index in [9.17, 15) is 4.79 Å². The molecule has 1 amide bonds. The van der Waals surface area contributed by atoms with Crippen LogP contribution in [-0.4, -0.2) is 39.2 Å². The molecule has 2 aliphatic rings. The Hall–Kier alpha value is -2.57. The Labute approximate surface area is 179 Å². The van der Waals surface area contributed by atoms with Gasteiger partial charge in [0.25, 0.3) is 0 Å². The van der Waals surface area contributed by atoms with Crippen molar-refractivity contribution in [3.63, 3.8) is 0 Å². The summed E-state index contributed by atoms with van der Waals surface area (Å²) in [4.78, 5) is 17.7. The standard InChI is InChI=1S/C24H32N4O2/c1-24(2,3)22-19-20(25-26-22)23(29)28(16-13-11-15(12-14-16)27(4)5)21(19)17-9-7-8-10-18(17)30-6/h7-14,19-22,25-26H,1-6H3. The number of hydrogen-bond donors (Lipinski definition) is 2. The van der Waals surface area contributed by atoms with E-state index in [-0.39, 0.29) is 35.4 Å². The van der Waals surface area contributed by atoms with Gasteiger partial charge in [0.2, 0.25) is 5.91 Å². The molecule has 0 radical (unpaired) electrons. The molecular weight excluding hydrogens is 376 g/mol. The number of hydrogen-bond acceptors (Lipinski definition) is 5. The summed E-state index contributed by atoms with van der Waals surface area (Å²) in [6.45, 7) is 6.65. The smallest absolute Gasteiger partial charge is 0.246 e. The number of hydrazine groups is 1. The first-order valence-electron chi connectivity index (χ1n) is 10.5. The van der Waals surface area contributed by atoms with Crippen molar-refractivity contribution in [1.82, 2.24) is 10.9 Å². The number of fused-ring (bicyclic) bond motifs is 1. The van der Waals surface area contributed by atoms with Gasteiger partial charge in [0.05, 0.1) is 13.2 Å². The fraction of sp³-hybridized carbons (Fsp3) is 0.458. The molecule has 0 aliphatic carbocycles. The molecule has 2 aliphatic heterocycles. The molecule has 4 unspecified atom stereocenters. The number of benzene rings is 2. The summed E-state index contributed by atoms with van der Waals surface area (Å²) in [7, 11) is 5.72. The molecule has 0 bridgehead atoms. The number of para-hydroxylation sites is 1. The van der Waals surface area contributed by atoms with Crippen molar-refractivity contribution in [2.24, 2.45) is 11.3 Å². The van der Waals surface area contributed by atoms with Crippen LogP contribution in [0.1, 0.15) is 32.4 Å². The van der Waals surface area contributed by atoms with Crippen LogP contribution in [0.15, 0.2) is 48.5 Å². The minimum atomic E-state index is -0.280. The quantitative estimate of drug-likeness (QED) is 0.813. The average molecular weight is 409 g/mol. The number of ether oxygens (including phenoxy) is 1. The van der Waals surface area contributed by atoms with Gasteiger partial charge in [-0.2, -0.15) is 0 Å². The lowest BCUT2D eigenvalue weighted by atomic mass is 9.74. The van der Waals surface area contributed by atoms with Gasteiger partial charge in [-0.1, -0.05) is 39.0 Å². The van der Waals surface area contributed by atoms with Crippen molar-refractivity contribution in [3.8, 4) is 5.75 Å². The molecule has 2 N–H and O–H groups in total. The number of methoxy groups -OCH3 is 1. The van der Waals surface area contributed by atoms with Crippen LogP contribution < -0.4 is 25.4 Å². The number of carbonyl (C=O) groups excluding carboxylic acids is 1. The summed E-state index contributed by atoms with van der Waals surface area (Å²) < 4.78 is 5.71. The van der Waals surface area contributed by atoms with Gasteiger partial charge in [0, 0.05) is 43.0 Å². The van der Waals surface area contributed by atoms with E-state index in [4.69, 9.17) is 4.74 Å². The number of amides is 1. The molecular formula is C24H32N4O2. The van der Waals surface area contributed by atoms with Crippen molar-refractivity contribution in [3.05, 3.63) is 54.1 Å². The predicted octanol–water partition coefficient (Wildman–Crippen LogP) is 3.36. The van der Waals surface area contributed by atoms with Crippen molar-refractivity contribution < 1.29 is 9.53 Å². The number of carbonyl (C=O) groups is 1. The Balaban J connectivity index is 1.85. The summed E-state index contributed by atoms with van der Waals surface area (Å²) in [5, 5.41) is 0. The lowest BCUT2D eigenvalue weighted by Gasteiger charge is -2.37. The van der Waals surface area contributed by atoms with Crippen LogP contribution in [0, 0.1) is 11.3 Å². The second-order valence-electron chi connectivity index (χ2n) is 9.49. The first-order chi connectivity index (χ1) is 14.2. The third kappa shape index (κ3) is 3.34. The summed E-state index contributed by atoms with van der Waals surface area (Å²) >= 11 is 0. The molecule has 30 heavy (non-hydrogen) atoms. The monoisotopic (exact) mass is 408 g/mol. The predicted molar refractivity (Wildman–Crippen MR) is 121 cm³/mol. The largest absolute Gasteiger partial charge is 0.496 e. The van der Waals surface area contributed by atoms with E-state index in [1.54, 1.807) is 7.11 Å². The van der Waals surface area contributed by atoms with E-state index in [0.29, 0.717) is 0 Å². The molecule has 4 atom stereocenters. The first kappa shape index (κ1) is 20.7. The van der Waals surface area contributed by atoms with E-state index >= 15 is 0 Å². The molecule has 2 saturated heterocycles. The second kappa shape index (κ2) is 7.60. The van der Waals surface area contributed by atoms with Gasteiger partial charge >= 0.3 is 0 Å². The molecule has 2 aromatic carbocycles. The third-order valence-electron chi connectivity index (χ3n) is 6.35. The van der Waals surface area contributed by atoms with Gasteiger partial charge in [-0.05, 0) is 35.7 Å². The molecule has 0 saturated carbocycles. The van der Waals surface area contributed by atoms with Crippen LogP contribution in [0.4, 0.5) is 11.4 Å². The Morgan fingerprint density at radius 2 is 1.67 bits per heavy atom. The SMILES string of the molecule is COc1ccccc1C1C2C(NNC2C(C)(C)C)C(=O)N1c1ccc(N(C)C)cc1. The van der Waals surface area contributed by atoms with Gasteiger partial charge < -0.3 is 14.5 Å². The molecule has 2 fully saturated rings. The Morgan fingerprint density at radius 1 is 1.00 bits per heavy atom.